The second kappa shape index (κ2) is 9.05. The van der Waals surface area contributed by atoms with Crippen LogP contribution in [0.1, 0.15) is 18.6 Å². The van der Waals surface area contributed by atoms with Crippen molar-refractivity contribution in [3.63, 3.8) is 0 Å². The van der Waals surface area contributed by atoms with E-state index in [0.29, 0.717) is 11.3 Å². The van der Waals surface area contributed by atoms with E-state index in [-0.39, 0.29) is 5.75 Å². The van der Waals surface area contributed by atoms with Crippen molar-refractivity contribution in [2.24, 2.45) is 5.92 Å². The molecule has 0 saturated carbocycles. The molecule has 2 atom stereocenters. The number of aliphatic carboxylic acids is 1. The minimum absolute atomic E-state index is 0.0838. The van der Waals surface area contributed by atoms with Crippen LogP contribution in [0.25, 0.3) is 0 Å². The molecule has 0 spiro atoms. The summed E-state index contributed by atoms with van der Waals surface area (Å²) in [6.07, 6.45) is 1.07. The predicted octanol–water partition coefficient (Wildman–Crippen LogP) is 4.72. The van der Waals surface area contributed by atoms with Gasteiger partial charge in [-0.1, -0.05) is 41.1 Å². The summed E-state index contributed by atoms with van der Waals surface area (Å²) < 4.78 is 6.40. The van der Waals surface area contributed by atoms with Crippen LogP contribution in [0.15, 0.2) is 65.2 Å². The molecule has 26 heavy (non-hydrogen) atoms. The molecule has 0 aliphatic heterocycles. The molecular formula is C19H18BrNO5. The Morgan fingerprint density at radius 2 is 1.73 bits per heavy atom. The summed E-state index contributed by atoms with van der Waals surface area (Å²) in [6, 6.07) is 13.2. The highest BCUT2D eigenvalue weighted by Gasteiger charge is 2.22. The van der Waals surface area contributed by atoms with Gasteiger partial charge < -0.3 is 14.9 Å². The molecule has 2 aromatic carbocycles. The van der Waals surface area contributed by atoms with Crippen LogP contribution < -0.4 is 5.32 Å². The topological polar surface area (TPSA) is 95.9 Å². The highest BCUT2D eigenvalue weighted by atomic mass is 79.9. The molecule has 0 aliphatic carbocycles. The fourth-order valence-corrected chi connectivity index (χ4v) is 2.54. The van der Waals surface area contributed by atoms with Crippen molar-refractivity contribution in [3.05, 3.63) is 70.7 Å². The third kappa shape index (κ3) is 5.93. The van der Waals surface area contributed by atoms with E-state index in [0.717, 1.165) is 10.5 Å². The van der Waals surface area contributed by atoms with E-state index < -0.39 is 24.1 Å². The molecule has 0 fully saturated rings. The molecule has 2 rings (SSSR count). The number of carboxylic acids is 1. The van der Waals surface area contributed by atoms with Gasteiger partial charge >= 0.3 is 12.1 Å². The molecule has 0 heterocycles. The van der Waals surface area contributed by atoms with Gasteiger partial charge in [0.1, 0.15) is 11.9 Å². The van der Waals surface area contributed by atoms with Gasteiger partial charge in [0.05, 0.1) is 0 Å². The number of halogens is 1. The predicted molar refractivity (Wildman–Crippen MR) is 101 cm³/mol. The van der Waals surface area contributed by atoms with E-state index in [1.807, 2.05) is 0 Å². The first-order chi connectivity index (χ1) is 12.3. The molecule has 0 aromatic heterocycles. The van der Waals surface area contributed by atoms with Gasteiger partial charge in [0.25, 0.3) is 0 Å². The van der Waals surface area contributed by atoms with E-state index in [9.17, 15) is 14.7 Å². The third-order valence-electron chi connectivity index (χ3n) is 3.57. The van der Waals surface area contributed by atoms with Crippen LogP contribution in [-0.4, -0.2) is 22.3 Å². The molecule has 0 unspecified atom stereocenters. The first-order valence-electron chi connectivity index (χ1n) is 7.78. The summed E-state index contributed by atoms with van der Waals surface area (Å²) in [4.78, 5) is 23.0. The van der Waals surface area contributed by atoms with Gasteiger partial charge in [-0.3, -0.25) is 5.32 Å². The number of anilines is 1. The largest absolute Gasteiger partial charge is 0.508 e. The molecule has 7 heteroatoms. The minimum Gasteiger partial charge on any atom is -0.508 e. The summed E-state index contributed by atoms with van der Waals surface area (Å²) in [5, 5.41) is 20.9. The SMILES string of the molecule is C[C@@H](/C=C/C(=O)O)[C@H](OC(=O)Nc1ccc(Br)cc1)c1ccc(O)cc1. The Hall–Kier alpha value is -2.80. The Kier molecular flexibility index (Phi) is 6.80. The molecule has 0 radical (unpaired) electrons. The van der Waals surface area contributed by atoms with Crippen LogP contribution in [0.3, 0.4) is 0 Å². The number of carbonyl (C=O) groups is 2. The molecule has 0 bridgehead atoms. The van der Waals surface area contributed by atoms with Crippen molar-refractivity contribution < 1.29 is 24.5 Å². The maximum Gasteiger partial charge on any atom is 0.412 e. The lowest BCUT2D eigenvalue weighted by Crippen LogP contribution is -2.21. The van der Waals surface area contributed by atoms with Crippen molar-refractivity contribution in [2.75, 3.05) is 5.32 Å². The fourth-order valence-electron chi connectivity index (χ4n) is 2.27. The zero-order valence-corrected chi connectivity index (χ0v) is 15.5. The number of phenols is 1. The number of aromatic hydroxyl groups is 1. The quantitative estimate of drug-likeness (QED) is 0.588. The minimum atomic E-state index is -1.08. The van der Waals surface area contributed by atoms with Gasteiger partial charge in [0.15, 0.2) is 0 Å². The average molecular weight is 420 g/mol. The normalized spacial score (nSPS) is 13.2. The fraction of sp³-hybridized carbons (Fsp3) is 0.158. The monoisotopic (exact) mass is 419 g/mol. The lowest BCUT2D eigenvalue weighted by atomic mass is 9.96. The van der Waals surface area contributed by atoms with Gasteiger partial charge in [-0.2, -0.15) is 0 Å². The van der Waals surface area contributed by atoms with E-state index in [1.165, 1.54) is 18.2 Å². The molecule has 0 aliphatic rings. The van der Waals surface area contributed by atoms with Crippen LogP contribution in [0.5, 0.6) is 5.75 Å². The van der Waals surface area contributed by atoms with Crippen LogP contribution in [0.4, 0.5) is 10.5 Å². The summed E-state index contributed by atoms with van der Waals surface area (Å²) in [7, 11) is 0. The van der Waals surface area contributed by atoms with Gasteiger partial charge in [0, 0.05) is 22.2 Å². The lowest BCUT2D eigenvalue weighted by molar-refractivity contribution is -0.131. The van der Waals surface area contributed by atoms with E-state index in [1.54, 1.807) is 43.3 Å². The molecule has 1 amide bonds. The van der Waals surface area contributed by atoms with Crippen LogP contribution in [0, 0.1) is 5.92 Å². The second-order valence-corrected chi connectivity index (χ2v) is 6.52. The molecule has 0 saturated heterocycles. The highest BCUT2D eigenvalue weighted by Crippen LogP contribution is 2.29. The van der Waals surface area contributed by atoms with E-state index in [4.69, 9.17) is 9.84 Å². The van der Waals surface area contributed by atoms with Gasteiger partial charge in [-0.25, -0.2) is 9.59 Å². The van der Waals surface area contributed by atoms with Gasteiger partial charge in [0.2, 0.25) is 0 Å². The first-order valence-corrected chi connectivity index (χ1v) is 8.57. The number of hydrogen-bond acceptors (Lipinski definition) is 4. The number of carbonyl (C=O) groups excluding carboxylic acids is 1. The standard InChI is InChI=1S/C19H18BrNO5/c1-12(2-11-17(23)24)18(13-3-9-16(22)10-4-13)26-19(25)21-15-7-5-14(20)6-8-15/h2-12,18,22H,1H3,(H,21,25)(H,23,24)/b11-2+/t12-,18-/m0/s1. The van der Waals surface area contributed by atoms with Crippen LogP contribution in [-0.2, 0) is 9.53 Å². The molecule has 2 aromatic rings. The van der Waals surface area contributed by atoms with Crippen molar-refractivity contribution in [3.8, 4) is 5.75 Å². The summed E-state index contributed by atoms with van der Waals surface area (Å²) >= 11 is 3.32. The molecule has 136 valence electrons. The Morgan fingerprint density at radius 3 is 2.31 bits per heavy atom. The zero-order chi connectivity index (χ0) is 19.1. The first kappa shape index (κ1) is 19.5. The van der Waals surface area contributed by atoms with Crippen LogP contribution in [0.2, 0.25) is 0 Å². The Balaban J connectivity index is 2.16. The smallest absolute Gasteiger partial charge is 0.412 e. The van der Waals surface area contributed by atoms with E-state index in [2.05, 4.69) is 21.2 Å². The van der Waals surface area contributed by atoms with Crippen molar-refractivity contribution in [2.45, 2.75) is 13.0 Å². The summed E-state index contributed by atoms with van der Waals surface area (Å²) in [5.74, 6) is -1.40. The van der Waals surface area contributed by atoms with E-state index >= 15 is 0 Å². The maximum atomic E-state index is 12.3. The lowest BCUT2D eigenvalue weighted by Gasteiger charge is -2.22. The Labute approximate surface area is 159 Å². The maximum absolute atomic E-state index is 12.3. The van der Waals surface area contributed by atoms with Crippen LogP contribution >= 0.6 is 15.9 Å². The summed E-state index contributed by atoms with van der Waals surface area (Å²) in [6.45, 7) is 1.74. The third-order valence-corrected chi connectivity index (χ3v) is 4.09. The second-order valence-electron chi connectivity index (χ2n) is 5.61. The van der Waals surface area contributed by atoms with Crippen molar-refractivity contribution in [1.82, 2.24) is 0 Å². The number of hydrogen-bond donors (Lipinski definition) is 3. The average Bonchev–Trinajstić information content (AvgIpc) is 2.60. The van der Waals surface area contributed by atoms with Crippen molar-refractivity contribution in [1.29, 1.82) is 0 Å². The number of phenolic OH excluding ortho intramolecular Hbond substituents is 1. The van der Waals surface area contributed by atoms with Gasteiger partial charge in [-0.05, 0) is 42.0 Å². The zero-order valence-electron chi connectivity index (χ0n) is 13.9. The number of benzene rings is 2. The number of nitrogens with one attached hydrogen (secondary N) is 1. The number of carboxylic acid groups (broad SMARTS) is 1. The molecule has 3 N–H and O–H groups in total. The highest BCUT2D eigenvalue weighted by molar-refractivity contribution is 9.10. The number of ether oxygens (including phenoxy) is 1. The molecular weight excluding hydrogens is 402 g/mol. The number of amides is 1. The molecule has 6 nitrogen and oxygen atoms in total. The van der Waals surface area contributed by atoms with Crippen molar-refractivity contribution >= 4 is 33.7 Å². The number of rotatable bonds is 6. The summed E-state index contributed by atoms with van der Waals surface area (Å²) in [5.41, 5.74) is 1.20. The van der Waals surface area contributed by atoms with Gasteiger partial charge in [-0.15, -0.1) is 0 Å². The Morgan fingerprint density at radius 1 is 1.12 bits per heavy atom. The Bertz CT molecular complexity index is 787.